The predicted octanol–water partition coefficient (Wildman–Crippen LogP) is 1.32. The third-order valence-corrected chi connectivity index (χ3v) is 3.61. The second-order valence-corrected chi connectivity index (χ2v) is 4.65. The van der Waals surface area contributed by atoms with Gasteiger partial charge < -0.3 is 10.4 Å². The summed E-state index contributed by atoms with van der Waals surface area (Å²) in [5, 5.41) is 17.6. The van der Waals surface area contributed by atoms with E-state index in [1.165, 1.54) is 11.1 Å². The SMILES string of the molecule is Cc1cscc1CC1(O)CCNC1. The van der Waals surface area contributed by atoms with Crippen LogP contribution in [0.3, 0.4) is 0 Å². The van der Waals surface area contributed by atoms with Crippen molar-refractivity contribution in [3.8, 4) is 0 Å². The molecule has 13 heavy (non-hydrogen) atoms. The molecule has 0 saturated carbocycles. The molecule has 0 spiro atoms. The van der Waals surface area contributed by atoms with Gasteiger partial charge in [-0.25, -0.2) is 0 Å². The quantitative estimate of drug-likeness (QED) is 0.749. The minimum atomic E-state index is -0.494. The van der Waals surface area contributed by atoms with Crippen LogP contribution in [0.1, 0.15) is 17.5 Å². The van der Waals surface area contributed by atoms with Crippen molar-refractivity contribution in [2.75, 3.05) is 13.1 Å². The molecule has 1 aromatic heterocycles. The fraction of sp³-hybridized carbons (Fsp3) is 0.600. The molecule has 2 nitrogen and oxygen atoms in total. The van der Waals surface area contributed by atoms with Gasteiger partial charge in [0, 0.05) is 13.0 Å². The molecule has 1 fully saturated rings. The Morgan fingerprint density at radius 2 is 2.46 bits per heavy atom. The van der Waals surface area contributed by atoms with Gasteiger partial charge >= 0.3 is 0 Å². The Bertz CT molecular complexity index is 289. The molecule has 2 heterocycles. The lowest BCUT2D eigenvalue weighted by molar-refractivity contribution is 0.0618. The van der Waals surface area contributed by atoms with E-state index in [0.29, 0.717) is 0 Å². The van der Waals surface area contributed by atoms with Crippen LogP contribution in [0.25, 0.3) is 0 Å². The minimum Gasteiger partial charge on any atom is -0.388 e. The molecule has 1 saturated heterocycles. The van der Waals surface area contributed by atoms with Crippen LogP contribution in [0.15, 0.2) is 10.8 Å². The van der Waals surface area contributed by atoms with Crippen LogP contribution in [0, 0.1) is 6.92 Å². The van der Waals surface area contributed by atoms with Crippen LogP contribution in [0.4, 0.5) is 0 Å². The Morgan fingerprint density at radius 3 is 3.00 bits per heavy atom. The summed E-state index contributed by atoms with van der Waals surface area (Å²) in [5.41, 5.74) is 2.12. The van der Waals surface area contributed by atoms with E-state index in [1.54, 1.807) is 11.3 Å². The zero-order chi connectivity index (χ0) is 9.31. The Balaban J connectivity index is 2.09. The summed E-state index contributed by atoms with van der Waals surface area (Å²) in [4.78, 5) is 0. The number of rotatable bonds is 2. The number of aryl methyl sites for hydroxylation is 1. The van der Waals surface area contributed by atoms with E-state index in [0.717, 1.165) is 25.9 Å². The van der Waals surface area contributed by atoms with E-state index in [2.05, 4.69) is 23.0 Å². The normalized spacial score (nSPS) is 28.2. The molecule has 1 aliphatic heterocycles. The van der Waals surface area contributed by atoms with Gasteiger partial charge in [-0.3, -0.25) is 0 Å². The molecule has 1 aliphatic rings. The Hall–Kier alpha value is -0.380. The van der Waals surface area contributed by atoms with Crippen molar-refractivity contribution in [3.05, 3.63) is 21.9 Å². The van der Waals surface area contributed by atoms with E-state index in [9.17, 15) is 5.11 Å². The highest BCUT2D eigenvalue weighted by Crippen LogP contribution is 2.24. The zero-order valence-corrected chi connectivity index (χ0v) is 8.66. The first-order valence-corrected chi connectivity index (χ1v) is 5.59. The maximum Gasteiger partial charge on any atom is 0.0824 e. The molecule has 3 heteroatoms. The van der Waals surface area contributed by atoms with Gasteiger partial charge in [0.05, 0.1) is 5.60 Å². The fourth-order valence-corrected chi connectivity index (χ4v) is 2.66. The second kappa shape index (κ2) is 3.40. The molecule has 1 aromatic rings. The molecule has 1 atom stereocenters. The number of hydrogen-bond donors (Lipinski definition) is 2. The van der Waals surface area contributed by atoms with Gasteiger partial charge in [-0.15, -0.1) is 0 Å². The van der Waals surface area contributed by atoms with Crippen molar-refractivity contribution in [2.24, 2.45) is 0 Å². The molecule has 0 amide bonds. The Morgan fingerprint density at radius 1 is 1.62 bits per heavy atom. The molecule has 2 rings (SSSR count). The third-order valence-electron chi connectivity index (χ3n) is 2.70. The first-order chi connectivity index (χ1) is 6.20. The van der Waals surface area contributed by atoms with Gasteiger partial charge in [0.15, 0.2) is 0 Å². The van der Waals surface area contributed by atoms with Crippen LogP contribution in [0.2, 0.25) is 0 Å². The number of thiophene rings is 1. The van der Waals surface area contributed by atoms with Gasteiger partial charge in [0.25, 0.3) is 0 Å². The van der Waals surface area contributed by atoms with Crippen molar-refractivity contribution in [2.45, 2.75) is 25.4 Å². The maximum atomic E-state index is 10.1. The van der Waals surface area contributed by atoms with Crippen LogP contribution < -0.4 is 5.32 Å². The van der Waals surface area contributed by atoms with E-state index in [-0.39, 0.29) is 0 Å². The van der Waals surface area contributed by atoms with E-state index in [1.807, 2.05) is 0 Å². The molecule has 72 valence electrons. The molecule has 0 aliphatic carbocycles. The van der Waals surface area contributed by atoms with Crippen molar-refractivity contribution in [3.63, 3.8) is 0 Å². The van der Waals surface area contributed by atoms with Crippen molar-refractivity contribution in [1.29, 1.82) is 0 Å². The topological polar surface area (TPSA) is 32.3 Å². The average molecular weight is 197 g/mol. The van der Waals surface area contributed by atoms with Gasteiger partial charge in [-0.05, 0) is 41.8 Å². The lowest BCUT2D eigenvalue weighted by Crippen LogP contribution is -2.33. The molecule has 0 radical (unpaired) electrons. The van der Waals surface area contributed by atoms with Crippen LogP contribution in [-0.4, -0.2) is 23.8 Å². The summed E-state index contributed by atoms with van der Waals surface area (Å²) < 4.78 is 0. The smallest absolute Gasteiger partial charge is 0.0824 e. The predicted molar refractivity (Wildman–Crippen MR) is 55.2 cm³/mol. The lowest BCUT2D eigenvalue weighted by atomic mass is 9.94. The summed E-state index contributed by atoms with van der Waals surface area (Å²) >= 11 is 1.72. The van der Waals surface area contributed by atoms with E-state index >= 15 is 0 Å². The molecular weight excluding hydrogens is 182 g/mol. The van der Waals surface area contributed by atoms with Gasteiger partial charge in [0.1, 0.15) is 0 Å². The van der Waals surface area contributed by atoms with Crippen molar-refractivity contribution in [1.82, 2.24) is 5.32 Å². The zero-order valence-electron chi connectivity index (χ0n) is 7.84. The van der Waals surface area contributed by atoms with E-state index in [4.69, 9.17) is 0 Å². The standard InChI is InChI=1S/C10H15NOS/c1-8-5-13-6-9(8)4-10(12)2-3-11-7-10/h5-6,11-12H,2-4,7H2,1H3. The Labute approximate surface area is 82.6 Å². The van der Waals surface area contributed by atoms with Crippen molar-refractivity contribution >= 4 is 11.3 Å². The third kappa shape index (κ3) is 1.93. The molecule has 2 N–H and O–H groups in total. The first-order valence-electron chi connectivity index (χ1n) is 4.64. The lowest BCUT2D eigenvalue weighted by Gasteiger charge is -2.20. The van der Waals surface area contributed by atoms with Gasteiger partial charge in [-0.1, -0.05) is 0 Å². The number of nitrogens with one attached hydrogen (secondary N) is 1. The highest BCUT2D eigenvalue weighted by atomic mass is 32.1. The molecule has 0 bridgehead atoms. The summed E-state index contributed by atoms with van der Waals surface area (Å²) in [6.45, 7) is 3.79. The highest BCUT2D eigenvalue weighted by molar-refractivity contribution is 7.08. The monoisotopic (exact) mass is 197 g/mol. The average Bonchev–Trinajstić information content (AvgIpc) is 2.64. The number of aliphatic hydroxyl groups is 1. The molecule has 1 unspecified atom stereocenters. The maximum absolute atomic E-state index is 10.1. The van der Waals surface area contributed by atoms with E-state index < -0.39 is 5.60 Å². The second-order valence-electron chi connectivity index (χ2n) is 3.91. The number of β-amino-alcohol motifs (C(OH)–C–C–N with tert-alkyl or cyclic N) is 1. The minimum absolute atomic E-state index is 0.494. The summed E-state index contributed by atoms with van der Waals surface area (Å²) in [6, 6.07) is 0. The van der Waals surface area contributed by atoms with Crippen LogP contribution in [0.5, 0.6) is 0 Å². The Kier molecular flexibility index (Phi) is 2.41. The summed E-state index contributed by atoms with van der Waals surface area (Å²) in [5.74, 6) is 0. The molecular formula is C10H15NOS. The van der Waals surface area contributed by atoms with Crippen LogP contribution >= 0.6 is 11.3 Å². The fourth-order valence-electron chi connectivity index (χ4n) is 1.80. The largest absolute Gasteiger partial charge is 0.388 e. The number of hydrogen-bond acceptors (Lipinski definition) is 3. The summed E-state index contributed by atoms with van der Waals surface area (Å²) in [7, 11) is 0. The van der Waals surface area contributed by atoms with Crippen LogP contribution in [-0.2, 0) is 6.42 Å². The first kappa shape index (κ1) is 9.19. The van der Waals surface area contributed by atoms with Gasteiger partial charge in [-0.2, -0.15) is 11.3 Å². The van der Waals surface area contributed by atoms with Crippen molar-refractivity contribution < 1.29 is 5.11 Å². The van der Waals surface area contributed by atoms with Gasteiger partial charge in [0.2, 0.25) is 0 Å². The highest BCUT2D eigenvalue weighted by Gasteiger charge is 2.31. The summed E-state index contributed by atoms with van der Waals surface area (Å²) in [6.07, 6.45) is 1.68. The molecule has 0 aromatic carbocycles.